The predicted octanol–water partition coefficient (Wildman–Crippen LogP) is 2.98. The summed E-state index contributed by atoms with van der Waals surface area (Å²) >= 11 is 0. The molecule has 0 aromatic heterocycles. The van der Waals surface area contributed by atoms with Gasteiger partial charge < -0.3 is 20.1 Å². The molecule has 1 unspecified atom stereocenters. The van der Waals surface area contributed by atoms with Gasteiger partial charge in [-0.05, 0) is 30.4 Å². The highest BCUT2D eigenvalue weighted by Crippen LogP contribution is 2.12. The van der Waals surface area contributed by atoms with E-state index in [9.17, 15) is 0 Å². The molecule has 1 aromatic carbocycles. The third kappa shape index (κ3) is 8.37. The molecule has 2 N–H and O–H groups in total. The maximum Gasteiger partial charge on any atom is 0.191 e. The van der Waals surface area contributed by atoms with Gasteiger partial charge >= 0.3 is 0 Å². The van der Waals surface area contributed by atoms with E-state index in [1.807, 2.05) is 0 Å². The van der Waals surface area contributed by atoms with Gasteiger partial charge in [-0.15, -0.1) is 24.0 Å². The van der Waals surface area contributed by atoms with Gasteiger partial charge in [0.05, 0.1) is 13.2 Å². The van der Waals surface area contributed by atoms with Gasteiger partial charge in [0, 0.05) is 39.3 Å². The van der Waals surface area contributed by atoms with Crippen LogP contribution in [-0.4, -0.2) is 46.0 Å². The van der Waals surface area contributed by atoms with Gasteiger partial charge in [0.25, 0.3) is 0 Å². The van der Waals surface area contributed by atoms with Crippen molar-refractivity contribution in [2.45, 2.75) is 32.7 Å². The normalized spacial score (nSPS) is 17.2. The number of benzene rings is 1. The van der Waals surface area contributed by atoms with Gasteiger partial charge in [-0.3, -0.25) is 4.99 Å². The molecule has 1 fully saturated rings. The Morgan fingerprint density at radius 3 is 2.76 bits per heavy atom. The maximum atomic E-state index is 5.71. The molecule has 1 heterocycles. The van der Waals surface area contributed by atoms with Crippen molar-refractivity contribution in [3.05, 3.63) is 35.4 Å². The molecule has 0 amide bonds. The summed E-state index contributed by atoms with van der Waals surface area (Å²) < 4.78 is 11.1. The van der Waals surface area contributed by atoms with E-state index in [1.54, 1.807) is 7.05 Å². The second kappa shape index (κ2) is 13.4. The number of rotatable bonds is 9. The molecule has 0 bridgehead atoms. The minimum atomic E-state index is 0. The molecule has 142 valence electrons. The second-order valence-electron chi connectivity index (χ2n) is 6.13. The standard InChI is InChI=1S/C19H31N3O2.HI/c1-3-17-7-4-5-8-18(17)13-22-19(20-2)21-10-6-11-23-14-16-9-12-24-15-16;/h4-5,7-8,16H,3,6,9-15H2,1-2H3,(H2,20,21,22);1H. The molecule has 0 aliphatic carbocycles. The number of halogens is 1. The SMILES string of the molecule is CCc1ccccc1CNC(=NC)NCCCOCC1CCOC1.I. The first kappa shape index (κ1) is 22.2. The summed E-state index contributed by atoms with van der Waals surface area (Å²) in [6.45, 7) is 7.18. The zero-order valence-corrected chi connectivity index (χ0v) is 17.8. The van der Waals surface area contributed by atoms with E-state index in [4.69, 9.17) is 9.47 Å². The van der Waals surface area contributed by atoms with Crippen LogP contribution in [0.5, 0.6) is 0 Å². The van der Waals surface area contributed by atoms with Crippen LogP contribution >= 0.6 is 24.0 Å². The van der Waals surface area contributed by atoms with Gasteiger partial charge in [0.1, 0.15) is 0 Å². The van der Waals surface area contributed by atoms with E-state index in [1.165, 1.54) is 11.1 Å². The molecule has 0 spiro atoms. The number of nitrogens with zero attached hydrogens (tertiary/aromatic N) is 1. The fraction of sp³-hybridized carbons (Fsp3) is 0.632. The van der Waals surface area contributed by atoms with E-state index in [0.717, 1.165) is 64.7 Å². The van der Waals surface area contributed by atoms with E-state index < -0.39 is 0 Å². The highest BCUT2D eigenvalue weighted by atomic mass is 127. The summed E-state index contributed by atoms with van der Waals surface area (Å²) in [5.41, 5.74) is 2.70. The zero-order chi connectivity index (χ0) is 17.0. The molecule has 5 nitrogen and oxygen atoms in total. The lowest BCUT2D eigenvalue weighted by Gasteiger charge is -2.14. The minimum Gasteiger partial charge on any atom is -0.381 e. The van der Waals surface area contributed by atoms with Crippen LogP contribution < -0.4 is 10.6 Å². The van der Waals surface area contributed by atoms with E-state index in [0.29, 0.717) is 5.92 Å². The summed E-state index contributed by atoms with van der Waals surface area (Å²) in [6, 6.07) is 8.52. The predicted molar refractivity (Wildman–Crippen MR) is 114 cm³/mol. The molecule has 0 radical (unpaired) electrons. The summed E-state index contributed by atoms with van der Waals surface area (Å²) in [7, 11) is 1.80. The first-order valence-electron chi connectivity index (χ1n) is 9.00. The summed E-state index contributed by atoms with van der Waals surface area (Å²) in [5.74, 6) is 1.43. The lowest BCUT2D eigenvalue weighted by molar-refractivity contribution is 0.0888. The van der Waals surface area contributed by atoms with Crippen LogP contribution in [0.25, 0.3) is 0 Å². The Morgan fingerprint density at radius 2 is 2.08 bits per heavy atom. The average Bonchev–Trinajstić information content (AvgIpc) is 3.14. The number of nitrogens with one attached hydrogen (secondary N) is 2. The number of aryl methyl sites for hydroxylation is 1. The van der Waals surface area contributed by atoms with Gasteiger partial charge in [0.2, 0.25) is 0 Å². The number of aliphatic imine (C=N–C) groups is 1. The van der Waals surface area contributed by atoms with Crippen molar-refractivity contribution in [1.82, 2.24) is 10.6 Å². The van der Waals surface area contributed by atoms with Gasteiger partial charge in [-0.2, -0.15) is 0 Å². The molecule has 1 saturated heterocycles. The Balaban J connectivity index is 0.00000312. The highest BCUT2D eigenvalue weighted by molar-refractivity contribution is 14.0. The number of hydrogen-bond acceptors (Lipinski definition) is 3. The minimum absolute atomic E-state index is 0. The second-order valence-corrected chi connectivity index (χ2v) is 6.13. The van der Waals surface area contributed by atoms with Crippen molar-refractivity contribution in [3.8, 4) is 0 Å². The van der Waals surface area contributed by atoms with Gasteiger partial charge in [0.15, 0.2) is 5.96 Å². The highest BCUT2D eigenvalue weighted by Gasteiger charge is 2.15. The molecular weight excluding hydrogens is 429 g/mol. The molecule has 1 aliphatic heterocycles. The Morgan fingerprint density at radius 1 is 1.28 bits per heavy atom. The van der Waals surface area contributed by atoms with Gasteiger partial charge in [-0.1, -0.05) is 31.2 Å². The topological polar surface area (TPSA) is 54.9 Å². The summed E-state index contributed by atoms with van der Waals surface area (Å²) in [5, 5.41) is 6.72. The quantitative estimate of drug-likeness (QED) is 0.257. The van der Waals surface area contributed by atoms with E-state index >= 15 is 0 Å². The van der Waals surface area contributed by atoms with Crippen molar-refractivity contribution >= 4 is 29.9 Å². The molecular formula is C19H32IN3O2. The molecule has 1 atom stereocenters. The lowest BCUT2D eigenvalue weighted by Crippen LogP contribution is -2.37. The Hall–Kier alpha value is -0.860. The van der Waals surface area contributed by atoms with Crippen LogP contribution in [0, 0.1) is 5.92 Å². The van der Waals surface area contributed by atoms with Crippen molar-refractivity contribution in [2.75, 3.05) is 40.0 Å². The third-order valence-corrected chi connectivity index (χ3v) is 4.30. The van der Waals surface area contributed by atoms with E-state index in [2.05, 4.69) is 46.8 Å². The first-order valence-corrected chi connectivity index (χ1v) is 9.00. The van der Waals surface area contributed by atoms with Crippen LogP contribution in [0.2, 0.25) is 0 Å². The molecule has 25 heavy (non-hydrogen) atoms. The smallest absolute Gasteiger partial charge is 0.191 e. The fourth-order valence-electron chi connectivity index (χ4n) is 2.82. The van der Waals surface area contributed by atoms with Gasteiger partial charge in [-0.25, -0.2) is 0 Å². The van der Waals surface area contributed by atoms with Crippen molar-refractivity contribution in [2.24, 2.45) is 10.9 Å². The zero-order valence-electron chi connectivity index (χ0n) is 15.4. The molecule has 2 rings (SSSR count). The average molecular weight is 461 g/mol. The van der Waals surface area contributed by atoms with Crippen LogP contribution in [0.3, 0.4) is 0 Å². The molecule has 1 aliphatic rings. The first-order chi connectivity index (χ1) is 11.8. The fourth-order valence-corrected chi connectivity index (χ4v) is 2.82. The Labute approximate surface area is 169 Å². The summed E-state index contributed by atoms with van der Waals surface area (Å²) in [4.78, 5) is 4.28. The van der Waals surface area contributed by atoms with Crippen molar-refractivity contribution in [3.63, 3.8) is 0 Å². The van der Waals surface area contributed by atoms with Crippen LogP contribution in [-0.2, 0) is 22.4 Å². The van der Waals surface area contributed by atoms with Crippen molar-refractivity contribution in [1.29, 1.82) is 0 Å². The monoisotopic (exact) mass is 461 g/mol. The summed E-state index contributed by atoms with van der Waals surface area (Å²) in [6.07, 6.45) is 3.15. The van der Waals surface area contributed by atoms with Crippen molar-refractivity contribution < 1.29 is 9.47 Å². The van der Waals surface area contributed by atoms with Crippen LogP contribution in [0.4, 0.5) is 0 Å². The third-order valence-electron chi connectivity index (χ3n) is 4.30. The lowest BCUT2D eigenvalue weighted by atomic mass is 10.1. The number of guanidine groups is 1. The molecule has 6 heteroatoms. The Kier molecular flexibility index (Phi) is 11.9. The van der Waals surface area contributed by atoms with Crippen LogP contribution in [0.1, 0.15) is 30.9 Å². The largest absolute Gasteiger partial charge is 0.381 e. The van der Waals surface area contributed by atoms with Crippen LogP contribution in [0.15, 0.2) is 29.3 Å². The molecule has 0 saturated carbocycles. The maximum absolute atomic E-state index is 5.71. The number of hydrogen-bond donors (Lipinski definition) is 2. The molecule has 1 aromatic rings. The van der Waals surface area contributed by atoms with E-state index in [-0.39, 0.29) is 24.0 Å². The Bertz CT molecular complexity index is 505. The number of ether oxygens (including phenoxy) is 2.